The summed E-state index contributed by atoms with van der Waals surface area (Å²) < 4.78 is 32.7. The molecule has 1 N–H and O–H groups in total. The van der Waals surface area contributed by atoms with Gasteiger partial charge in [0.1, 0.15) is 17.5 Å². The molecular formula is C29H31N3O6S2. The predicted octanol–water partition coefficient (Wildman–Crippen LogP) is 3.31. The number of aryl methyl sites for hydroxylation is 1. The van der Waals surface area contributed by atoms with Crippen molar-refractivity contribution in [2.24, 2.45) is 0 Å². The van der Waals surface area contributed by atoms with Crippen LogP contribution in [0, 0.1) is 6.92 Å². The second kappa shape index (κ2) is 11.9. The summed E-state index contributed by atoms with van der Waals surface area (Å²) in [6.07, 6.45) is 2.13. The molecule has 3 amide bonds. The maximum atomic E-state index is 14.0. The molecule has 0 aliphatic carbocycles. The number of rotatable bonds is 10. The first-order valence-electron chi connectivity index (χ1n) is 13.2. The summed E-state index contributed by atoms with van der Waals surface area (Å²) >= 11 is 1.34. The molecule has 40 heavy (non-hydrogen) atoms. The van der Waals surface area contributed by atoms with Crippen LogP contribution in [0.2, 0.25) is 0 Å². The molecule has 9 nitrogen and oxygen atoms in total. The predicted molar refractivity (Wildman–Crippen MR) is 150 cm³/mol. The van der Waals surface area contributed by atoms with Gasteiger partial charge in [0.25, 0.3) is 15.9 Å². The molecule has 0 unspecified atom stereocenters. The number of carbonyl (C=O) groups excluding carboxylic acids is 3. The van der Waals surface area contributed by atoms with Crippen molar-refractivity contribution in [2.45, 2.75) is 43.2 Å². The smallest absolute Gasteiger partial charge is 0.269 e. The topological polar surface area (TPSA) is 113 Å². The van der Waals surface area contributed by atoms with Gasteiger partial charge in [-0.15, -0.1) is 11.3 Å². The van der Waals surface area contributed by atoms with Crippen LogP contribution < -0.4 is 5.32 Å². The van der Waals surface area contributed by atoms with E-state index in [-0.39, 0.29) is 29.0 Å². The maximum Gasteiger partial charge on any atom is 0.269 e. The molecule has 2 atom stereocenters. The molecular weight excluding hydrogens is 550 g/mol. The van der Waals surface area contributed by atoms with E-state index in [4.69, 9.17) is 4.74 Å². The summed E-state index contributed by atoms with van der Waals surface area (Å²) in [5.74, 6) is -1.77. The summed E-state index contributed by atoms with van der Waals surface area (Å²) in [5, 5.41) is 4.76. The Hall–Kier alpha value is -3.54. The molecule has 11 heteroatoms. The molecule has 0 saturated carbocycles. The third kappa shape index (κ3) is 5.67. The van der Waals surface area contributed by atoms with Crippen LogP contribution in [0.4, 0.5) is 0 Å². The van der Waals surface area contributed by atoms with Gasteiger partial charge in [0.05, 0.1) is 11.7 Å². The number of amides is 3. The molecule has 1 aromatic heterocycles. The Morgan fingerprint density at radius 2 is 1.90 bits per heavy atom. The number of benzene rings is 2. The molecule has 210 valence electrons. The van der Waals surface area contributed by atoms with Crippen LogP contribution in [0.3, 0.4) is 0 Å². The van der Waals surface area contributed by atoms with E-state index in [1.807, 2.05) is 36.6 Å². The Balaban J connectivity index is 1.45. The molecule has 1 fully saturated rings. The molecule has 3 heterocycles. The minimum Gasteiger partial charge on any atom is -0.376 e. The number of fused-ring (bicyclic) bond motifs is 1. The van der Waals surface area contributed by atoms with E-state index in [0.717, 1.165) is 24.0 Å². The Morgan fingerprint density at radius 3 is 2.60 bits per heavy atom. The number of sulfonamides is 1. The standard InChI is InChI=1S/C29H31N3O6S2/c1-20-8-2-3-9-21(20)14-15-31(26(33)19-32-29(35)23-11-4-5-13-25(23)40(32,36)37)27(24-12-7-17-39-24)28(34)30-18-22-10-6-16-38-22/h2-5,7-9,11-13,17,22,27H,6,10,14-16,18-19H2,1H3,(H,30,34)/t22-,27-/m0/s1. The molecule has 2 aromatic carbocycles. The highest BCUT2D eigenvalue weighted by molar-refractivity contribution is 7.90. The van der Waals surface area contributed by atoms with E-state index in [0.29, 0.717) is 28.8 Å². The lowest BCUT2D eigenvalue weighted by Gasteiger charge is -2.32. The Labute approximate surface area is 237 Å². The van der Waals surface area contributed by atoms with Gasteiger partial charge in [-0.1, -0.05) is 42.5 Å². The number of carbonyl (C=O) groups is 3. The first-order chi connectivity index (χ1) is 19.3. The van der Waals surface area contributed by atoms with E-state index in [9.17, 15) is 22.8 Å². The number of ether oxygens (including phenoxy) is 1. The fraction of sp³-hybridized carbons (Fsp3) is 0.345. The van der Waals surface area contributed by atoms with Gasteiger partial charge in [-0.05, 0) is 60.9 Å². The average Bonchev–Trinajstić information content (AvgIpc) is 3.70. The zero-order valence-electron chi connectivity index (χ0n) is 22.1. The lowest BCUT2D eigenvalue weighted by Crippen LogP contribution is -2.49. The van der Waals surface area contributed by atoms with Gasteiger partial charge in [0.15, 0.2) is 0 Å². The zero-order chi connectivity index (χ0) is 28.3. The minimum absolute atomic E-state index is 0.0332. The number of thiophene rings is 1. The van der Waals surface area contributed by atoms with Crippen LogP contribution >= 0.6 is 11.3 Å². The quantitative estimate of drug-likeness (QED) is 0.393. The summed E-state index contributed by atoms with van der Waals surface area (Å²) in [5.41, 5.74) is 2.08. The van der Waals surface area contributed by atoms with E-state index in [1.54, 1.807) is 18.2 Å². The van der Waals surface area contributed by atoms with Crippen LogP contribution in [0.1, 0.15) is 45.2 Å². The number of nitrogens with one attached hydrogen (secondary N) is 1. The van der Waals surface area contributed by atoms with Gasteiger partial charge >= 0.3 is 0 Å². The van der Waals surface area contributed by atoms with Crippen molar-refractivity contribution in [3.63, 3.8) is 0 Å². The Morgan fingerprint density at radius 1 is 1.12 bits per heavy atom. The second-order valence-corrected chi connectivity index (χ2v) is 12.7. The third-order valence-corrected chi connectivity index (χ3v) is 10.0. The molecule has 0 spiro atoms. The molecule has 1 saturated heterocycles. The highest BCUT2D eigenvalue weighted by Crippen LogP contribution is 2.31. The van der Waals surface area contributed by atoms with Crippen LogP contribution in [0.5, 0.6) is 0 Å². The number of hydrogen-bond donors (Lipinski definition) is 1. The molecule has 2 aliphatic rings. The van der Waals surface area contributed by atoms with Crippen molar-refractivity contribution in [1.82, 2.24) is 14.5 Å². The van der Waals surface area contributed by atoms with Crippen molar-refractivity contribution in [1.29, 1.82) is 0 Å². The Kier molecular flexibility index (Phi) is 8.34. The fourth-order valence-electron chi connectivity index (χ4n) is 5.12. The van der Waals surface area contributed by atoms with Gasteiger partial charge in [0.2, 0.25) is 11.8 Å². The summed E-state index contributed by atoms with van der Waals surface area (Å²) in [6, 6.07) is 16.3. The SMILES string of the molecule is Cc1ccccc1CCN(C(=O)CN1C(=O)c2ccccc2S1(=O)=O)[C@H](C(=O)NC[C@@H]1CCCO1)c1cccs1. The first kappa shape index (κ1) is 28.0. The molecule has 2 aliphatic heterocycles. The zero-order valence-corrected chi connectivity index (χ0v) is 23.7. The third-order valence-electron chi connectivity index (χ3n) is 7.30. The normalized spacial score (nSPS) is 18.4. The van der Waals surface area contributed by atoms with Crippen LogP contribution in [-0.2, 0) is 30.8 Å². The van der Waals surface area contributed by atoms with Gasteiger partial charge in [-0.25, -0.2) is 12.7 Å². The van der Waals surface area contributed by atoms with E-state index in [2.05, 4.69) is 5.32 Å². The van der Waals surface area contributed by atoms with Gasteiger partial charge in [0, 0.05) is 24.6 Å². The van der Waals surface area contributed by atoms with E-state index < -0.39 is 34.4 Å². The lowest BCUT2D eigenvalue weighted by molar-refractivity contribution is -0.140. The monoisotopic (exact) mass is 581 g/mol. The van der Waals surface area contributed by atoms with Crippen LogP contribution in [-0.4, -0.2) is 67.7 Å². The highest BCUT2D eigenvalue weighted by atomic mass is 32.2. The number of hydrogen-bond acceptors (Lipinski definition) is 7. The first-order valence-corrected chi connectivity index (χ1v) is 15.5. The fourth-order valence-corrected chi connectivity index (χ4v) is 7.47. The van der Waals surface area contributed by atoms with Crippen LogP contribution in [0.25, 0.3) is 0 Å². The lowest BCUT2D eigenvalue weighted by atomic mass is 10.0. The van der Waals surface area contributed by atoms with Crippen molar-refractivity contribution < 1.29 is 27.5 Å². The summed E-state index contributed by atoms with van der Waals surface area (Å²) in [6.45, 7) is 2.38. The van der Waals surface area contributed by atoms with E-state index >= 15 is 0 Å². The maximum absolute atomic E-state index is 14.0. The van der Waals surface area contributed by atoms with Crippen molar-refractivity contribution in [2.75, 3.05) is 26.2 Å². The van der Waals surface area contributed by atoms with Crippen molar-refractivity contribution >= 4 is 39.1 Å². The highest BCUT2D eigenvalue weighted by Gasteiger charge is 2.43. The number of nitrogens with zero attached hydrogens (tertiary/aromatic N) is 2. The van der Waals surface area contributed by atoms with Crippen LogP contribution in [0.15, 0.2) is 70.9 Å². The van der Waals surface area contributed by atoms with Crippen molar-refractivity contribution in [3.8, 4) is 0 Å². The van der Waals surface area contributed by atoms with Gasteiger partial charge in [-0.2, -0.15) is 0 Å². The molecule has 5 rings (SSSR count). The van der Waals surface area contributed by atoms with Crippen molar-refractivity contribution in [3.05, 3.63) is 87.6 Å². The summed E-state index contributed by atoms with van der Waals surface area (Å²) in [7, 11) is -4.20. The largest absolute Gasteiger partial charge is 0.376 e. The van der Waals surface area contributed by atoms with Gasteiger partial charge < -0.3 is 15.0 Å². The minimum atomic E-state index is -4.20. The van der Waals surface area contributed by atoms with E-state index in [1.165, 1.54) is 34.4 Å². The average molecular weight is 582 g/mol. The summed E-state index contributed by atoms with van der Waals surface area (Å²) in [4.78, 5) is 42.6. The molecule has 0 radical (unpaired) electrons. The Bertz CT molecular complexity index is 1500. The molecule has 3 aromatic rings. The second-order valence-electron chi connectivity index (χ2n) is 9.87. The van der Waals surface area contributed by atoms with Gasteiger partial charge in [-0.3, -0.25) is 14.4 Å². The molecule has 0 bridgehead atoms.